The maximum absolute atomic E-state index is 10.9. The highest BCUT2D eigenvalue weighted by atomic mass is 127. The number of nitro benzene ring substituents is 1. The molecule has 0 unspecified atom stereocenters. The fourth-order valence-electron chi connectivity index (χ4n) is 1.75. The highest BCUT2D eigenvalue weighted by molar-refractivity contribution is 14.1. The van der Waals surface area contributed by atoms with Crippen molar-refractivity contribution in [1.29, 1.82) is 0 Å². The minimum absolute atomic E-state index is 0.0100. The lowest BCUT2D eigenvalue weighted by atomic mass is 10.1. The van der Waals surface area contributed by atoms with Gasteiger partial charge in [0.25, 0.3) is 5.69 Å². The second kappa shape index (κ2) is 6.08. The number of benzene rings is 2. The maximum Gasteiger partial charge on any atom is 0.335 e. The van der Waals surface area contributed by atoms with E-state index in [4.69, 9.17) is 9.84 Å². The Morgan fingerprint density at radius 1 is 1.29 bits per heavy atom. The summed E-state index contributed by atoms with van der Waals surface area (Å²) >= 11 is 1.95. The lowest BCUT2D eigenvalue weighted by Gasteiger charge is -2.09. The number of ether oxygens (including phenoxy) is 1. The lowest BCUT2D eigenvalue weighted by molar-refractivity contribution is -0.385. The molecule has 108 valence electrons. The van der Waals surface area contributed by atoms with Crippen LogP contribution in [0.3, 0.4) is 0 Å². The Hall–Kier alpha value is -2.16. The first-order valence-electron chi connectivity index (χ1n) is 5.84. The van der Waals surface area contributed by atoms with Gasteiger partial charge in [0, 0.05) is 12.1 Å². The summed E-state index contributed by atoms with van der Waals surface area (Å²) in [5, 5.41) is 19.6. The van der Waals surface area contributed by atoms with Gasteiger partial charge in [-0.2, -0.15) is 0 Å². The third kappa shape index (κ3) is 3.48. The number of hydrogen-bond donors (Lipinski definition) is 1. The predicted molar refractivity (Wildman–Crippen MR) is 84.0 cm³/mol. The molecule has 0 fully saturated rings. The Labute approximate surface area is 133 Å². The number of aromatic carboxylic acids is 1. The summed E-state index contributed by atoms with van der Waals surface area (Å²) in [4.78, 5) is 21.1. The number of halogens is 1. The zero-order valence-electron chi connectivity index (χ0n) is 10.9. The molecule has 0 bridgehead atoms. The smallest absolute Gasteiger partial charge is 0.335 e. The summed E-state index contributed by atoms with van der Waals surface area (Å²) in [6.45, 7) is 1.68. The van der Waals surface area contributed by atoms with Crippen LogP contribution in [0.1, 0.15) is 15.9 Å². The van der Waals surface area contributed by atoms with Gasteiger partial charge in [-0.3, -0.25) is 10.1 Å². The molecule has 21 heavy (non-hydrogen) atoms. The molecule has 0 spiro atoms. The van der Waals surface area contributed by atoms with Crippen LogP contribution in [0.25, 0.3) is 0 Å². The summed E-state index contributed by atoms with van der Waals surface area (Å²) in [6, 6.07) is 8.91. The Morgan fingerprint density at radius 3 is 2.52 bits per heavy atom. The molecule has 6 nitrogen and oxygen atoms in total. The summed E-state index contributed by atoms with van der Waals surface area (Å²) in [5.74, 6) is -0.0445. The van der Waals surface area contributed by atoms with Crippen molar-refractivity contribution in [3.63, 3.8) is 0 Å². The van der Waals surface area contributed by atoms with Gasteiger partial charge >= 0.3 is 5.97 Å². The minimum atomic E-state index is -0.996. The van der Waals surface area contributed by atoms with Crippen LogP contribution < -0.4 is 4.74 Å². The molecule has 0 aliphatic heterocycles. The molecule has 0 radical (unpaired) electrons. The summed E-state index contributed by atoms with van der Waals surface area (Å²) < 4.78 is 6.24. The SMILES string of the molecule is Cc1cc(Oc2ccc([N+](=O)[O-])cc2I)ccc1C(=O)O. The van der Waals surface area contributed by atoms with Gasteiger partial charge < -0.3 is 9.84 Å². The van der Waals surface area contributed by atoms with Crippen molar-refractivity contribution in [2.75, 3.05) is 0 Å². The van der Waals surface area contributed by atoms with Crippen LogP contribution in [0.4, 0.5) is 5.69 Å². The standard InChI is InChI=1S/C14H10INO5/c1-8-6-10(3-4-11(8)14(17)18)21-13-5-2-9(16(19)20)7-12(13)15/h2-7H,1H3,(H,17,18). The first-order chi connectivity index (χ1) is 9.88. The molecule has 7 heteroatoms. The van der Waals surface area contributed by atoms with E-state index < -0.39 is 10.9 Å². The van der Waals surface area contributed by atoms with E-state index >= 15 is 0 Å². The minimum Gasteiger partial charge on any atom is -0.478 e. The van der Waals surface area contributed by atoms with Crippen LogP contribution in [0.2, 0.25) is 0 Å². The number of non-ortho nitro benzene ring substituents is 1. The summed E-state index contributed by atoms with van der Waals surface area (Å²) in [6.07, 6.45) is 0. The highest BCUT2D eigenvalue weighted by Crippen LogP contribution is 2.30. The van der Waals surface area contributed by atoms with Crippen LogP contribution in [-0.2, 0) is 0 Å². The van der Waals surface area contributed by atoms with Crippen LogP contribution in [0.15, 0.2) is 36.4 Å². The molecule has 0 aliphatic carbocycles. The number of nitro groups is 1. The third-order valence-electron chi connectivity index (χ3n) is 2.78. The van der Waals surface area contributed by atoms with Crippen LogP contribution in [-0.4, -0.2) is 16.0 Å². The van der Waals surface area contributed by atoms with Gasteiger partial charge in [-0.15, -0.1) is 0 Å². The van der Waals surface area contributed by atoms with Crippen molar-refractivity contribution in [3.8, 4) is 11.5 Å². The van der Waals surface area contributed by atoms with E-state index in [-0.39, 0.29) is 11.3 Å². The van der Waals surface area contributed by atoms with E-state index in [2.05, 4.69) is 0 Å². The predicted octanol–water partition coefficient (Wildman–Crippen LogP) is 4.00. The number of nitrogens with zero attached hydrogens (tertiary/aromatic N) is 1. The topological polar surface area (TPSA) is 89.7 Å². The molecule has 1 N–H and O–H groups in total. The van der Waals surface area contributed by atoms with Gasteiger partial charge in [-0.05, 0) is 59.3 Å². The average Bonchev–Trinajstić information content (AvgIpc) is 2.40. The molecule has 0 atom stereocenters. The van der Waals surface area contributed by atoms with Gasteiger partial charge in [0.2, 0.25) is 0 Å². The molecular formula is C14H10INO5. The third-order valence-corrected chi connectivity index (χ3v) is 3.63. The largest absolute Gasteiger partial charge is 0.478 e. The number of carboxylic acids is 1. The Bertz CT molecular complexity index is 729. The van der Waals surface area contributed by atoms with Crippen LogP contribution in [0, 0.1) is 20.6 Å². The summed E-state index contributed by atoms with van der Waals surface area (Å²) in [5.41, 5.74) is 0.779. The van der Waals surface area contributed by atoms with Crippen molar-refractivity contribution in [3.05, 3.63) is 61.2 Å². The Morgan fingerprint density at radius 2 is 2.00 bits per heavy atom. The fraction of sp³-hybridized carbons (Fsp3) is 0.0714. The van der Waals surface area contributed by atoms with E-state index in [1.807, 2.05) is 22.6 Å². The van der Waals surface area contributed by atoms with Crippen molar-refractivity contribution >= 4 is 34.2 Å². The quantitative estimate of drug-likeness (QED) is 0.477. The lowest BCUT2D eigenvalue weighted by Crippen LogP contribution is -1.99. The van der Waals surface area contributed by atoms with Gasteiger partial charge in [-0.1, -0.05) is 0 Å². The number of carbonyl (C=O) groups is 1. The first-order valence-corrected chi connectivity index (χ1v) is 6.92. The zero-order valence-corrected chi connectivity index (χ0v) is 13.0. The number of rotatable bonds is 4. The number of aryl methyl sites for hydroxylation is 1. The second-order valence-electron chi connectivity index (χ2n) is 4.26. The van der Waals surface area contributed by atoms with E-state index in [0.29, 0.717) is 20.6 Å². The van der Waals surface area contributed by atoms with Crippen molar-refractivity contribution in [2.45, 2.75) is 6.92 Å². The molecule has 0 heterocycles. The van der Waals surface area contributed by atoms with Crippen LogP contribution in [0.5, 0.6) is 11.5 Å². The maximum atomic E-state index is 10.9. The molecule has 0 saturated heterocycles. The molecule has 0 aromatic heterocycles. The molecule has 2 aromatic carbocycles. The molecule has 0 amide bonds. The molecule has 0 aliphatic rings. The first kappa shape index (κ1) is 15.2. The van der Waals surface area contributed by atoms with Gasteiger partial charge in [0.1, 0.15) is 11.5 Å². The molecular weight excluding hydrogens is 389 g/mol. The van der Waals surface area contributed by atoms with Crippen molar-refractivity contribution < 1.29 is 19.6 Å². The Kier molecular flexibility index (Phi) is 4.41. The monoisotopic (exact) mass is 399 g/mol. The van der Waals surface area contributed by atoms with Crippen LogP contribution >= 0.6 is 22.6 Å². The Balaban J connectivity index is 2.28. The van der Waals surface area contributed by atoms with Crippen molar-refractivity contribution in [2.24, 2.45) is 0 Å². The average molecular weight is 399 g/mol. The summed E-state index contributed by atoms with van der Waals surface area (Å²) in [7, 11) is 0. The van der Waals surface area contributed by atoms with Gasteiger partial charge in [0.15, 0.2) is 0 Å². The zero-order chi connectivity index (χ0) is 15.6. The molecule has 2 rings (SSSR count). The normalized spacial score (nSPS) is 10.2. The molecule has 0 saturated carbocycles. The van der Waals surface area contributed by atoms with E-state index in [9.17, 15) is 14.9 Å². The second-order valence-corrected chi connectivity index (χ2v) is 5.42. The molecule has 2 aromatic rings. The van der Waals surface area contributed by atoms with E-state index in [1.54, 1.807) is 19.1 Å². The van der Waals surface area contributed by atoms with Crippen molar-refractivity contribution in [1.82, 2.24) is 0 Å². The fourth-order valence-corrected chi connectivity index (χ4v) is 2.36. The van der Waals surface area contributed by atoms with Gasteiger partial charge in [-0.25, -0.2) is 4.79 Å². The number of carboxylic acid groups (broad SMARTS) is 1. The van der Waals surface area contributed by atoms with E-state index in [1.165, 1.54) is 24.3 Å². The van der Waals surface area contributed by atoms with Gasteiger partial charge in [0.05, 0.1) is 14.1 Å². The number of hydrogen-bond acceptors (Lipinski definition) is 4. The highest BCUT2D eigenvalue weighted by Gasteiger charge is 2.12. The van der Waals surface area contributed by atoms with E-state index in [0.717, 1.165) is 0 Å².